The van der Waals surface area contributed by atoms with E-state index in [1.165, 1.54) is 0 Å². The van der Waals surface area contributed by atoms with Crippen LogP contribution in [0.25, 0.3) is 10.1 Å². The summed E-state index contributed by atoms with van der Waals surface area (Å²) in [6.45, 7) is 0. The van der Waals surface area contributed by atoms with E-state index in [0.717, 1.165) is 18.2 Å². The molecule has 0 amide bonds. The second-order valence-corrected chi connectivity index (χ2v) is 3.62. The molecular weight excluding hydrogens is 212 g/mol. The Morgan fingerprint density at radius 2 is 2.07 bits per heavy atom. The minimum atomic E-state index is -0.659. The topological polar surface area (TPSA) is 43.1 Å². The van der Waals surface area contributed by atoms with Crippen LogP contribution >= 0.6 is 11.3 Å². The van der Waals surface area contributed by atoms with Gasteiger partial charge in [-0.1, -0.05) is 0 Å². The molecule has 0 unspecified atom stereocenters. The lowest BCUT2D eigenvalue weighted by molar-refractivity contribution is -0.383. The molecule has 0 aliphatic carbocycles. The van der Waals surface area contributed by atoms with E-state index in [4.69, 9.17) is 0 Å². The van der Waals surface area contributed by atoms with E-state index in [9.17, 15) is 18.9 Å². The van der Waals surface area contributed by atoms with Gasteiger partial charge in [-0.25, -0.2) is 4.39 Å². The second-order valence-electron chi connectivity index (χ2n) is 2.62. The van der Waals surface area contributed by atoms with Gasteiger partial charge in [-0.2, -0.15) is 4.39 Å². The molecule has 72 valence electrons. The van der Waals surface area contributed by atoms with Gasteiger partial charge in [0.15, 0.2) is 5.13 Å². The van der Waals surface area contributed by atoms with Crippen molar-refractivity contribution in [3.8, 4) is 0 Å². The van der Waals surface area contributed by atoms with Crippen molar-refractivity contribution < 1.29 is 13.7 Å². The number of halogens is 2. The maximum Gasteiger partial charge on any atom is 0.278 e. The molecule has 3 nitrogen and oxygen atoms in total. The molecule has 2 rings (SSSR count). The standard InChI is InChI=1S/C8H3F2NO2S/c9-5-1-2-6(11(12)13)4-3-7(10)14-8(4)5/h1-3H. The number of hydrogen-bond donors (Lipinski definition) is 0. The largest absolute Gasteiger partial charge is 0.278 e. The molecule has 0 spiro atoms. The van der Waals surface area contributed by atoms with Gasteiger partial charge in [0, 0.05) is 6.07 Å². The Labute approximate surface area is 80.7 Å². The summed E-state index contributed by atoms with van der Waals surface area (Å²) in [5, 5.41) is 9.88. The Balaban J connectivity index is 2.87. The molecule has 1 aromatic heterocycles. The molecule has 1 aromatic carbocycles. The molecule has 0 fully saturated rings. The van der Waals surface area contributed by atoms with Crippen molar-refractivity contribution >= 4 is 27.1 Å². The van der Waals surface area contributed by atoms with E-state index in [1.54, 1.807) is 0 Å². The third-order valence-electron chi connectivity index (χ3n) is 1.78. The third-order valence-corrected chi connectivity index (χ3v) is 2.71. The summed E-state index contributed by atoms with van der Waals surface area (Å²) >= 11 is 0.564. The number of hydrogen-bond acceptors (Lipinski definition) is 3. The number of benzene rings is 1. The average molecular weight is 215 g/mol. The van der Waals surface area contributed by atoms with Crippen LogP contribution in [0.4, 0.5) is 14.5 Å². The minimum absolute atomic E-state index is 0.0116. The van der Waals surface area contributed by atoms with E-state index in [0.29, 0.717) is 11.3 Å². The van der Waals surface area contributed by atoms with Crippen LogP contribution in [0.2, 0.25) is 0 Å². The van der Waals surface area contributed by atoms with Crippen LogP contribution in [0.15, 0.2) is 18.2 Å². The molecule has 0 aliphatic rings. The molecule has 0 saturated carbocycles. The Hall–Kier alpha value is -1.56. The van der Waals surface area contributed by atoms with Gasteiger partial charge in [-0.05, 0) is 12.1 Å². The van der Waals surface area contributed by atoms with Crippen molar-refractivity contribution in [3.63, 3.8) is 0 Å². The van der Waals surface area contributed by atoms with E-state index >= 15 is 0 Å². The summed E-state index contributed by atoms with van der Waals surface area (Å²) < 4.78 is 25.8. The molecule has 2 aromatic rings. The van der Waals surface area contributed by atoms with Crippen LogP contribution in [0.3, 0.4) is 0 Å². The predicted molar refractivity (Wildman–Crippen MR) is 48.4 cm³/mol. The molecular formula is C8H3F2NO2S. The quantitative estimate of drug-likeness (QED) is 0.542. The van der Waals surface area contributed by atoms with Crippen LogP contribution in [0, 0.1) is 21.1 Å². The lowest BCUT2D eigenvalue weighted by Gasteiger charge is -1.93. The first kappa shape index (κ1) is 9.01. The molecule has 0 saturated heterocycles. The molecule has 0 aliphatic heterocycles. The van der Waals surface area contributed by atoms with Crippen LogP contribution in [-0.2, 0) is 0 Å². The summed E-state index contributed by atoms with van der Waals surface area (Å²) in [5.41, 5.74) is -0.276. The summed E-state index contributed by atoms with van der Waals surface area (Å²) in [6.07, 6.45) is 0. The second kappa shape index (κ2) is 2.98. The van der Waals surface area contributed by atoms with Gasteiger partial charge < -0.3 is 0 Å². The highest BCUT2D eigenvalue weighted by Crippen LogP contribution is 2.33. The van der Waals surface area contributed by atoms with Crippen molar-refractivity contribution in [2.45, 2.75) is 0 Å². The van der Waals surface area contributed by atoms with Crippen molar-refractivity contribution in [1.82, 2.24) is 0 Å². The molecule has 14 heavy (non-hydrogen) atoms. The van der Waals surface area contributed by atoms with Gasteiger partial charge >= 0.3 is 0 Å². The van der Waals surface area contributed by atoms with Crippen molar-refractivity contribution in [2.75, 3.05) is 0 Å². The number of nitro groups is 1. The Bertz CT molecular complexity index is 523. The van der Waals surface area contributed by atoms with Gasteiger partial charge in [0.1, 0.15) is 5.82 Å². The SMILES string of the molecule is O=[N+]([O-])c1ccc(F)c2sc(F)cc12. The monoisotopic (exact) mass is 215 g/mol. The maximum atomic E-state index is 13.1. The fraction of sp³-hybridized carbons (Fsp3) is 0. The third kappa shape index (κ3) is 1.24. The number of nitro benzene ring substituents is 1. The van der Waals surface area contributed by atoms with Gasteiger partial charge in [-0.3, -0.25) is 10.1 Å². The normalized spacial score (nSPS) is 10.7. The predicted octanol–water partition coefficient (Wildman–Crippen LogP) is 3.09. The highest BCUT2D eigenvalue weighted by molar-refractivity contribution is 7.17. The number of thiophene rings is 1. The highest BCUT2D eigenvalue weighted by atomic mass is 32.1. The van der Waals surface area contributed by atoms with E-state index in [2.05, 4.69) is 0 Å². The summed E-state index contributed by atoms with van der Waals surface area (Å²) in [6, 6.07) is 2.97. The zero-order valence-electron chi connectivity index (χ0n) is 6.66. The summed E-state index contributed by atoms with van der Waals surface area (Å²) in [5.74, 6) is -0.639. The molecule has 0 atom stereocenters. The molecule has 0 radical (unpaired) electrons. The number of rotatable bonds is 1. The first-order chi connectivity index (χ1) is 6.59. The fourth-order valence-corrected chi connectivity index (χ4v) is 2.02. The number of fused-ring (bicyclic) bond motifs is 1. The van der Waals surface area contributed by atoms with Crippen LogP contribution in [-0.4, -0.2) is 4.92 Å². The molecule has 0 bridgehead atoms. The lowest BCUT2D eigenvalue weighted by atomic mass is 10.2. The van der Waals surface area contributed by atoms with Crippen molar-refractivity contribution in [3.05, 3.63) is 39.3 Å². The van der Waals surface area contributed by atoms with Gasteiger partial charge in [0.05, 0.1) is 15.0 Å². The highest BCUT2D eigenvalue weighted by Gasteiger charge is 2.17. The van der Waals surface area contributed by atoms with Gasteiger partial charge in [0.2, 0.25) is 0 Å². The lowest BCUT2D eigenvalue weighted by Crippen LogP contribution is -1.88. The molecule has 0 N–H and O–H groups in total. The van der Waals surface area contributed by atoms with Crippen LogP contribution in [0.1, 0.15) is 0 Å². The van der Waals surface area contributed by atoms with Crippen molar-refractivity contribution in [2.24, 2.45) is 0 Å². The molecule has 1 heterocycles. The Kier molecular flexibility index (Phi) is 1.92. The fourth-order valence-electron chi connectivity index (χ4n) is 1.21. The Morgan fingerprint density at radius 1 is 1.36 bits per heavy atom. The van der Waals surface area contributed by atoms with E-state index in [-0.39, 0.29) is 15.8 Å². The van der Waals surface area contributed by atoms with E-state index < -0.39 is 15.9 Å². The van der Waals surface area contributed by atoms with E-state index in [1.807, 2.05) is 0 Å². The zero-order valence-corrected chi connectivity index (χ0v) is 7.48. The summed E-state index contributed by atoms with van der Waals surface area (Å²) in [7, 11) is 0. The molecule has 6 heteroatoms. The number of nitrogens with zero attached hydrogens (tertiary/aromatic N) is 1. The number of non-ortho nitro benzene ring substituents is 1. The first-order valence-corrected chi connectivity index (χ1v) is 4.43. The smallest absolute Gasteiger partial charge is 0.258 e. The zero-order chi connectivity index (χ0) is 10.3. The van der Waals surface area contributed by atoms with Gasteiger partial charge in [0.25, 0.3) is 5.69 Å². The average Bonchev–Trinajstić information content (AvgIpc) is 2.47. The van der Waals surface area contributed by atoms with Crippen LogP contribution in [0.5, 0.6) is 0 Å². The van der Waals surface area contributed by atoms with Crippen molar-refractivity contribution in [1.29, 1.82) is 0 Å². The first-order valence-electron chi connectivity index (χ1n) is 3.61. The maximum absolute atomic E-state index is 13.1. The summed E-state index contributed by atoms with van der Waals surface area (Å²) in [4.78, 5) is 9.84. The minimum Gasteiger partial charge on any atom is -0.258 e. The van der Waals surface area contributed by atoms with Gasteiger partial charge in [-0.15, -0.1) is 11.3 Å². The Morgan fingerprint density at radius 3 is 2.71 bits per heavy atom. The van der Waals surface area contributed by atoms with Crippen LogP contribution < -0.4 is 0 Å².